The molecule has 0 aromatic carbocycles. The molecule has 0 aliphatic heterocycles. The van der Waals surface area contributed by atoms with Crippen molar-refractivity contribution >= 4 is 17.2 Å². The van der Waals surface area contributed by atoms with E-state index < -0.39 is 0 Å². The SMILES string of the molecule is COCCC1(CNC(=O)c2csc(CCN)n2)CC1. The van der Waals surface area contributed by atoms with Crippen LogP contribution in [0.15, 0.2) is 5.38 Å². The summed E-state index contributed by atoms with van der Waals surface area (Å²) in [5.74, 6) is -0.0804. The predicted octanol–water partition coefficient (Wildman–Crippen LogP) is 1.19. The van der Waals surface area contributed by atoms with E-state index in [2.05, 4.69) is 10.3 Å². The Morgan fingerprint density at radius 1 is 1.63 bits per heavy atom. The van der Waals surface area contributed by atoms with E-state index in [0.717, 1.165) is 31.0 Å². The first kappa shape index (κ1) is 14.4. The van der Waals surface area contributed by atoms with Crippen molar-refractivity contribution in [3.05, 3.63) is 16.1 Å². The molecule has 5 nitrogen and oxygen atoms in total. The van der Waals surface area contributed by atoms with Crippen LogP contribution in [-0.2, 0) is 11.2 Å². The van der Waals surface area contributed by atoms with E-state index in [0.29, 0.717) is 12.2 Å². The van der Waals surface area contributed by atoms with Crippen molar-refractivity contribution in [2.24, 2.45) is 11.1 Å². The third-order valence-electron chi connectivity index (χ3n) is 3.56. The minimum atomic E-state index is -0.0804. The fourth-order valence-electron chi connectivity index (χ4n) is 2.02. The lowest BCUT2D eigenvalue weighted by molar-refractivity contribution is 0.0933. The number of nitrogens with one attached hydrogen (secondary N) is 1. The van der Waals surface area contributed by atoms with Crippen LogP contribution in [0.1, 0.15) is 34.8 Å². The van der Waals surface area contributed by atoms with Gasteiger partial charge in [0, 0.05) is 32.1 Å². The second-order valence-corrected chi connectivity index (χ2v) is 6.03. The molecule has 1 heterocycles. The molecule has 1 saturated carbocycles. The number of amides is 1. The minimum absolute atomic E-state index is 0.0804. The summed E-state index contributed by atoms with van der Waals surface area (Å²) >= 11 is 1.49. The smallest absolute Gasteiger partial charge is 0.270 e. The van der Waals surface area contributed by atoms with Crippen molar-refractivity contribution in [2.75, 3.05) is 26.8 Å². The molecule has 1 aliphatic rings. The first-order chi connectivity index (χ1) is 9.19. The molecule has 1 aliphatic carbocycles. The van der Waals surface area contributed by atoms with Crippen LogP contribution in [0.4, 0.5) is 0 Å². The number of rotatable bonds is 8. The number of thiazole rings is 1. The van der Waals surface area contributed by atoms with E-state index in [1.54, 1.807) is 12.5 Å². The van der Waals surface area contributed by atoms with E-state index in [4.69, 9.17) is 10.5 Å². The highest BCUT2D eigenvalue weighted by Crippen LogP contribution is 2.48. The highest BCUT2D eigenvalue weighted by atomic mass is 32.1. The first-order valence-corrected chi connectivity index (χ1v) is 7.49. The van der Waals surface area contributed by atoms with Crippen molar-refractivity contribution in [2.45, 2.75) is 25.7 Å². The average Bonchev–Trinajstić information content (AvgIpc) is 3.04. The van der Waals surface area contributed by atoms with Crippen LogP contribution in [0.25, 0.3) is 0 Å². The van der Waals surface area contributed by atoms with Crippen molar-refractivity contribution in [3.63, 3.8) is 0 Å². The van der Waals surface area contributed by atoms with Crippen molar-refractivity contribution < 1.29 is 9.53 Å². The fourth-order valence-corrected chi connectivity index (χ4v) is 2.82. The molecule has 3 N–H and O–H groups in total. The third-order valence-corrected chi connectivity index (χ3v) is 4.47. The zero-order chi connectivity index (χ0) is 13.7. The first-order valence-electron chi connectivity index (χ1n) is 6.61. The van der Waals surface area contributed by atoms with E-state index in [1.807, 2.05) is 0 Å². The van der Waals surface area contributed by atoms with Crippen LogP contribution in [-0.4, -0.2) is 37.7 Å². The van der Waals surface area contributed by atoms with Crippen LogP contribution in [0.5, 0.6) is 0 Å². The van der Waals surface area contributed by atoms with Gasteiger partial charge in [-0.15, -0.1) is 11.3 Å². The van der Waals surface area contributed by atoms with Gasteiger partial charge in [-0.2, -0.15) is 0 Å². The zero-order valence-electron chi connectivity index (χ0n) is 11.3. The molecule has 1 aromatic rings. The monoisotopic (exact) mass is 283 g/mol. The number of carbonyl (C=O) groups excluding carboxylic acids is 1. The predicted molar refractivity (Wildman–Crippen MR) is 75.4 cm³/mol. The molecular formula is C13H21N3O2S. The summed E-state index contributed by atoms with van der Waals surface area (Å²) in [4.78, 5) is 16.3. The van der Waals surface area contributed by atoms with Gasteiger partial charge in [0.05, 0.1) is 5.01 Å². The molecule has 1 fully saturated rings. The number of methoxy groups -OCH3 is 1. The van der Waals surface area contributed by atoms with Gasteiger partial charge < -0.3 is 15.8 Å². The number of ether oxygens (including phenoxy) is 1. The summed E-state index contributed by atoms with van der Waals surface area (Å²) < 4.78 is 5.10. The van der Waals surface area contributed by atoms with Crippen LogP contribution in [0.3, 0.4) is 0 Å². The number of nitrogens with two attached hydrogens (primary N) is 1. The van der Waals surface area contributed by atoms with Gasteiger partial charge in [0.2, 0.25) is 0 Å². The topological polar surface area (TPSA) is 77.2 Å². The maximum absolute atomic E-state index is 12.0. The Bertz CT molecular complexity index is 429. The lowest BCUT2D eigenvalue weighted by Gasteiger charge is -2.14. The minimum Gasteiger partial charge on any atom is -0.385 e. The molecular weight excluding hydrogens is 262 g/mol. The fraction of sp³-hybridized carbons (Fsp3) is 0.692. The van der Waals surface area contributed by atoms with Crippen LogP contribution >= 0.6 is 11.3 Å². The van der Waals surface area contributed by atoms with Crippen LogP contribution < -0.4 is 11.1 Å². The van der Waals surface area contributed by atoms with Gasteiger partial charge in [-0.1, -0.05) is 0 Å². The molecule has 0 saturated heterocycles. The van der Waals surface area contributed by atoms with Gasteiger partial charge in [-0.3, -0.25) is 4.79 Å². The molecule has 1 amide bonds. The molecule has 2 rings (SSSR count). The number of hydrogen-bond donors (Lipinski definition) is 2. The molecule has 0 atom stereocenters. The summed E-state index contributed by atoms with van der Waals surface area (Å²) in [7, 11) is 1.71. The molecule has 0 spiro atoms. The van der Waals surface area contributed by atoms with Gasteiger partial charge in [0.25, 0.3) is 5.91 Å². The van der Waals surface area contributed by atoms with E-state index in [-0.39, 0.29) is 11.3 Å². The zero-order valence-corrected chi connectivity index (χ0v) is 12.1. The summed E-state index contributed by atoms with van der Waals surface area (Å²) in [6.45, 7) is 2.04. The Labute approximate surface area is 117 Å². The molecule has 19 heavy (non-hydrogen) atoms. The largest absolute Gasteiger partial charge is 0.385 e. The Morgan fingerprint density at radius 3 is 3.05 bits per heavy atom. The Hall–Kier alpha value is -0.980. The molecule has 1 aromatic heterocycles. The molecule has 0 bridgehead atoms. The highest BCUT2D eigenvalue weighted by Gasteiger charge is 2.42. The van der Waals surface area contributed by atoms with Crippen LogP contribution in [0.2, 0.25) is 0 Å². The second-order valence-electron chi connectivity index (χ2n) is 5.09. The number of hydrogen-bond acceptors (Lipinski definition) is 5. The maximum atomic E-state index is 12.0. The third kappa shape index (κ3) is 3.99. The number of aromatic nitrogens is 1. The van der Waals surface area contributed by atoms with Gasteiger partial charge in [-0.05, 0) is 31.2 Å². The van der Waals surface area contributed by atoms with E-state index in [1.165, 1.54) is 24.2 Å². The summed E-state index contributed by atoms with van der Waals surface area (Å²) in [6, 6.07) is 0. The van der Waals surface area contributed by atoms with Crippen LogP contribution in [0, 0.1) is 5.41 Å². The lowest BCUT2D eigenvalue weighted by atomic mass is 10.0. The molecule has 0 radical (unpaired) electrons. The van der Waals surface area contributed by atoms with E-state index in [9.17, 15) is 4.79 Å². The quantitative estimate of drug-likeness (QED) is 0.751. The molecule has 6 heteroatoms. The van der Waals surface area contributed by atoms with Gasteiger partial charge in [0.15, 0.2) is 0 Å². The van der Waals surface area contributed by atoms with Gasteiger partial charge >= 0.3 is 0 Å². The molecule has 106 valence electrons. The standard InChI is InChI=1S/C13H21N3O2S/c1-18-7-5-13(3-4-13)9-15-12(17)10-8-19-11(16-10)2-6-14/h8H,2-7,9,14H2,1H3,(H,15,17). The normalized spacial score (nSPS) is 16.3. The molecule has 0 unspecified atom stereocenters. The summed E-state index contributed by atoms with van der Waals surface area (Å²) in [5, 5.41) is 5.71. The summed E-state index contributed by atoms with van der Waals surface area (Å²) in [5.41, 5.74) is 6.25. The van der Waals surface area contributed by atoms with E-state index >= 15 is 0 Å². The van der Waals surface area contributed by atoms with Gasteiger partial charge in [0.1, 0.15) is 5.69 Å². The Morgan fingerprint density at radius 2 is 2.42 bits per heavy atom. The lowest BCUT2D eigenvalue weighted by Crippen LogP contribution is -2.31. The summed E-state index contributed by atoms with van der Waals surface area (Å²) in [6.07, 6.45) is 4.09. The number of nitrogens with zero attached hydrogens (tertiary/aromatic N) is 1. The van der Waals surface area contributed by atoms with Crippen molar-refractivity contribution in [3.8, 4) is 0 Å². The Kier molecular flexibility index (Phi) is 4.90. The Balaban J connectivity index is 1.80. The highest BCUT2D eigenvalue weighted by molar-refractivity contribution is 7.09. The second kappa shape index (κ2) is 6.45. The van der Waals surface area contributed by atoms with Crippen molar-refractivity contribution in [1.82, 2.24) is 10.3 Å². The number of carbonyl (C=O) groups is 1. The maximum Gasteiger partial charge on any atom is 0.270 e. The average molecular weight is 283 g/mol. The van der Waals surface area contributed by atoms with Crippen molar-refractivity contribution in [1.29, 1.82) is 0 Å². The van der Waals surface area contributed by atoms with Gasteiger partial charge in [-0.25, -0.2) is 4.98 Å².